The van der Waals surface area contributed by atoms with E-state index in [0.29, 0.717) is 28.0 Å². The highest BCUT2D eigenvalue weighted by molar-refractivity contribution is 6.13. The van der Waals surface area contributed by atoms with Crippen LogP contribution in [0.25, 0.3) is 44.3 Å². The Morgan fingerprint density at radius 1 is 0.935 bits per heavy atom. The van der Waals surface area contributed by atoms with Crippen LogP contribution in [0.1, 0.15) is 13.9 Å². The molecule has 31 heavy (non-hydrogen) atoms. The average Bonchev–Trinajstić information content (AvgIpc) is 3.31. The number of ether oxygens (including phenoxy) is 1. The van der Waals surface area contributed by atoms with E-state index in [4.69, 9.17) is 11.9 Å². The van der Waals surface area contributed by atoms with Gasteiger partial charge in [0.05, 0.1) is 17.7 Å². The number of pyridine rings is 1. The molecule has 0 unspecified atom stereocenters. The fourth-order valence-electron chi connectivity index (χ4n) is 4.56. The normalized spacial score (nSPS) is 15.6. The third kappa shape index (κ3) is 2.61. The Labute approximate surface area is 182 Å². The quantitative estimate of drug-likeness (QED) is 0.326. The summed E-state index contributed by atoms with van der Waals surface area (Å²) in [7, 11) is 1.98. The lowest BCUT2D eigenvalue weighted by molar-refractivity contribution is -0.660. The van der Waals surface area contributed by atoms with Crippen molar-refractivity contribution in [1.29, 1.82) is 0 Å². The molecule has 0 spiro atoms. The smallest absolute Gasteiger partial charge is 0.216 e. The second-order valence-corrected chi connectivity index (χ2v) is 7.88. The number of aryl methyl sites for hydroxylation is 2. The van der Waals surface area contributed by atoms with Crippen molar-refractivity contribution in [3.8, 4) is 28.1 Å². The molecule has 0 N–H and O–H groups in total. The van der Waals surface area contributed by atoms with Crippen molar-refractivity contribution in [1.82, 2.24) is 0 Å². The fourth-order valence-corrected chi connectivity index (χ4v) is 4.56. The number of nitrogens with zero attached hydrogens (tertiary/aromatic N) is 1. The Morgan fingerprint density at radius 3 is 2.58 bits per heavy atom. The highest BCUT2D eigenvalue weighted by Gasteiger charge is 2.25. The van der Waals surface area contributed by atoms with Gasteiger partial charge in [0.25, 0.3) is 0 Å². The van der Waals surface area contributed by atoms with Crippen LogP contribution in [-0.2, 0) is 13.4 Å². The van der Waals surface area contributed by atoms with Crippen LogP contribution in [0, 0.1) is 12.7 Å². The predicted octanol–water partition coefficient (Wildman–Crippen LogP) is 6.13. The van der Waals surface area contributed by atoms with Gasteiger partial charge in [0, 0.05) is 37.6 Å². The summed E-state index contributed by atoms with van der Waals surface area (Å²) >= 11 is 0. The van der Waals surface area contributed by atoms with Crippen LogP contribution in [0.15, 0.2) is 71.3 Å². The van der Waals surface area contributed by atoms with E-state index in [-0.39, 0.29) is 12.2 Å². The van der Waals surface area contributed by atoms with E-state index in [1.54, 1.807) is 24.3 Å². The van der Waals surface area contributed by atoms with E-state index in [2.05, 4.69) is 6.07 Å². The van der Waals surface area contributed by atoms with Gasteiger partial charge in [-0.2, -0.15) is 0 Å². The first-order chi connectivity index (χ1) is 15.9. The first kappa shape index (κ1) is 16.1. The van der Waals surface area contributed by atoms with E-state index in [1.807, 2.05) is 49.0 Å². The number of fused-ring (bicyclic) bond motifs is 4. The molecule has 6 rings (SSSR count). The summed E-state index contributed by atoms with van der Waals surface area (Å²) in [5.74, 6) is -0.0148. The molecule has 0 atom stereocenters. The summed E-state index contributed by atoms with van der Waals surface area (Å²) in [6.45, 7) is 1.94. The number of aromatic nitrogens is 1. The van der Waals surface area contributed by atoms with Gasteiger partial charge in [0.15, 0.2) is 6.20 Å². The first-order valence-electron chi connectivity index (χ1n) is 11.2. The first-order valence-corrected chi connectivity index (χ1v) is 10.2. The average molecular weight is 412 g/mol. The van der Waals surface area contributed by atoms with E-state index < -0.39 is 12.2 Å². The Hall–Kier alpha value is -3.66. The number of rotatable bonds is 2. The van der Waals surface area contributed by atoms with Crippen molar-refractivity contribution in [2.24, 2.45) is 7.05 Å². The van der Waals surface area contributed by atoms with Crippen LogP contribution < -0.4 is 9.30 Å². The van der Waals surface area contributed by atoms with Crippen molar-refractivity contribution in [2.75, 3.05) is 6.61 Å². The summed E-state index contributed by atoms with van der Waals surface area (Å²) in [5.41, 5.74) is 5.18. The maximum absolute atomic E-state index is 15.4. The molecule has 4 heteroatoms. The van der Waals surface area contributed by atoms with Crippen LogP contribution >= 0.6 is 0 Å². The summed E-state index contributed by atoms with van der Waals surface area (Å²) < 4.78 is 46.3. The zero-order chi connectivity index (χ0) is 22.9. The molecule has 0 aliphatic carbocycles. The minimum atomic E-state index is -1.72. The fraction of sp³-hybridized carbons (Fsp3) is 0.148. The molecule has 3 heterocycles. The Kier molecular flexibility index (Phi) is 3.46. The molecule has 2 aromatic heterocycles. The van der Waals surface area contributed by atoms with Crippen molar-refractivity contribution in [3.05, 3.63) is 83.8 Å². The second kappa shape index (κ2) is 6.67. The zero-order valence-corrected chi connectivity index (χ0v) is 17.2. The Bertz CT molecular complexity index is 1590. The van der Waals surface area contributed by atoms with Gasteiger partial charge < -0.3 is 9.15 Å². The minimum absolute atomic E-state index is 0.0923. The van der Waals surface area contributed by atoms with Crippen LogP contribution in [0.4, 0.5) is 4.39 Å². The van der Waals surface area contributed by atoms with Crippen LogP contribution in [0.2, 0.25) is 0 Å². The molecule has 0 saturated heterocycles. The monoisotopic (exact) mass is 412 g/mol. The lowest BCUT2D eigenvalue weighted by atomic mass is 9.95. The minimum Gasteiger partial charge on any atom is -0.493 e. The molecule has 3 aromatic carbocycles. The number of halogens is 1. The van der Waals surface area contributed by atoms with Gasteiger partial charge in [-0.15, -0.1) is 0 Å². The molecule has 0 fully saturated rings. The highest BCUT2D eigenvalue weighted by Crippen LogP contribution is 2.44. The van der Waals surface area contributed by atoms with Crippen molar-refractivity contribution in [2.45, 2.75) is 13.3 Å². The molecule has 0 radical (unpaired) electrons. The maximum Gasteiger partial charge on any atom is 0.216 e. The largest absolute Gasteiger partial charge is 0.493 e. The number of hydrogen-bond acceptors (Lipinski definition) is 2. The SMILES string of the molecule is [2H]C1([2H])COc2cccc(-c3c(F)ccc4c3oc3c(-c5cccc[n+]5C)c(C)ccc34)c21. The summed E-state index contributed by atoms with van der Waals surface area (Å²) in [6, 6.07) is 18.4. The second-order valence-electron chi connectivity index (χ2n) is 7.88. The van der Waals surface area contributed by atoms with Crippen molar-refractivity contribution < 1.29 is 20.9 Å². The van der Waals surface area contributed by atoms with Crippen LogP contribution in [-0.4, -0.2) is 6.61 Å². The lowest BCUT2D eigenvalue weighted by Crippen LogP contribution is -2.30. The van der Waals surface area contributed by atoms with Crippen molar-refractivity contribution in [3.63, 3.8) is 0 Å². The van der Waals surface area contributed by atoms with Gasteiger partial charge in [-0.25, -0.2) is 8.96 Å². The van der Waals surface area contributed by atoms with E-state index in [1.165, 1.54) is 6.07 Å². The maximum atomic E-state index is 15.4. The van der Waals surface area contributed by atoms with Gasteiger partial charge in [-0.1, -0.05) is 24.3 Å². The molecular weight excluding hydrogens is 389 g/mol. The van der Waals surface area contributed by atoms with E-state index in [9.17, 15) is 0 Å². The third-order valence-corrected chi connectivity index (χ3v) is 6.05. The molecule has 152 valence electrons. The molecule has 5 aromatic rings. The molecule has 0 saturated carbocycles. The van der Waals surface area contributed by atoms with Gasteiger partial charge in [0.1, 0.15) is 29.8 Å². The topological polar surface area (TPSA) is 26.2 Å². The molecule has 0 bridgehead atoms. The summed E-state index contributed by atoms with van der Waals surface area (Å²) in [6.07, 6.45) is 0.267. The summed E-state index contributed by atoms with van der Waals surface area (Å²) in [4.78, 5) is 0. The standard InChI is InChI=1S/C27H21FNO2/c1-16-9-10-19-20-11-12-21(28)25(18-6-5-8-23-17(18)13-15-30-23)27(20)31-26(19)24(16)22-7-3-4-14-29(22)2/h3-12,14H,13,15H2,1-2H3/q+1/i13D2. The Balaban J connectivity index is 1.73. The van der Waals surface area contributed by atoms with Gasteiger partial charge in [-0.05, 0) is 42.3 Å². The van der Waals surface area contributed by atoms with E-state index in [0.717, 1.165) is 27.6 Å². The Morgan fingerprint density at radius 2 is 1.74 bits per heavy atom. The van der Waals surface area contributed by atoms with Crippen LogP contribution in [0.3, 0.4) is 0 Å². The summed E-state index contributed by atoms with van der Waals surface area (Å²) in [5, 5.41) is 1.68. The van der Waals surface area contributed by atoms with Crippen molar-refractivity contribution >= 4 is 21.9 Å². The van der Waals surface area contributed by atoms with Crippen LogP contribution in [0.5, 0.6) is 5.75 Å². The number of furan rings is 1. The lowest BCUT2D eigenvalue weighted by Gasteiger charge is -2.09. The number of benzene rings is 3. The zero-order valence-electron chi connectivity index (χ0n) is 19.2. The predicted molar refractivity (Wildman–Crippen MR) is 120 cm³/mol. The van der Waals surface area contributed by atoms with E-state index >= 15 is 4.39 Å². The van der Waals surface area contributed by atoms with Gasteiger partial charge >= 0.3 is 0 Å². The van der Waals surface area contributed by atoms with Gasteiger partial charge in [-0.3, -0.25) is 0 Å². The molecule has 1 aliphatic heterocycles. The molecule has 1 aliphatic rings. The van der Waals surface area contributed by atoms with Gasteiger partial charge in [0.2, 0.25) is 5.69 Å². The molecular formula is C27H21FNO2+. The number of hydrogen-bond donors (Lipinski definition) is 0. The highest BCUT2D eigenvalue weighted by atomic mass is 19.1. The molecule has 0 amide bonds. The molecule has 3 nitrogen and oxygen atoms in total. The third-order valence-electron chi connectivity index (χ3n) is 6.05.